The first-order chi connectivity index (χ1) is 4.11. The standard InChI is InChI=1S/C4H8O4S/c5-9(6,7)4-1-2-8-3-4/h4H,1-3H2,(H,5,6,7)/t4-/m0/s1. The van der Waals surface area contributed by atoms with Crippen molar-refractivity contribution >= 4 is 10.1 Å². The molecule has 54 valence electrons. The van der Waals surface area contributed by atoms with Gasteiger partial charge in [-0.05, 0) is 6.42 Å². The highest BCUT2D eigenvalue weighted by atomic mass is 32.2. The molecule has 0 aromatic carbocycles. The van der Waals surface area contributed by atoms with Crippen LogP contribution in [0.1, 0.15) is 6.42 Å². The van der Waals surface area contributed by atoms with Gasteiger partial charge in [0, 0.05) is 6.61 Å². The van der Waals surface area contributed by atoms with Crippen molar-refractivity contribution in [1.82, 2.24) is 0 Å². The van der Waals surface area contributed by atoms with Crippen LogP contribution >= 0.6 is 0 Å². The second-order valence-electron chi connectivity index (χ2n) is 2.00. The van der Waals surface area contributed by atoms with Crippen LogP contribution < -0.4 is 0 Å². The van der Waals surface area contributed by atoms with Gasteiger partial charge in [-0.2, -0.15) is 8.42 Å². The Kier molecular flexibility index (Phi) is 1.74. The van der Waals surface area contributed by atoms with Crippen molar-refractivity contribution in [3.05, 3.63) is 0 Å². The maximum atomic E-state index is 10.3. The summed E-state index contributed by atoms with van der Waals surface area (Å²) in [6.45, 7) is 0.573. The SMILES string of the molecule is O=S(=O)(O)[C@H]1CCOC1. The summed E-state index contributed by atoms with van der Waals surface area (Å²) in [4.78, 5) is 0. The van der Waals surface area contributed by atoms with Crippen LogP contribution in [-0.2, 0) is 14.9 Å². The number of hydrogen-bond acceptors (Lipinski definition) is 3. The van der Waals surface area contributed by atoms with E-state index in [1.54, 1.807) is 0 Å². The number of ether oxygens (including phenoxy) is 1. The zero-order valence-corrected chi connectivity index (χ0v) is 5.60. The van der Waals surface area contributed by atoms with Crippen molar-refractivity contribution in [2.45, 2.75) is 11.7 Å². The Labute approximate surface area is 53.6 Å². The molecule has 9 heavy (non-hydrogen) atoms. The Morgan fingerprint density at radius 1 is 1.56 bits per heavy atom. The lowest BCUT2D eigenvalue weighted by Crippen LogP contribution is -2.19. The van der Waals surface area contributed by atoms with E-state index in [0.29, 0.717) is 13.0 Å². The fourth-order valence-electron chi connectivity index (χ4n) is 0.748. The molecule has 1 fully saturated rings. The Balaban J connectivity index is 2.63. The third kappa shape index (κ3) is 1.64. The van der Waals surface area contributed by atoms with Crippen molar-refractivity contribution in [2.75, 3.05) is 13.2 Å². The third-order valence-corrected chi connectivity index (χ3v) is 2.52. The Morgan fingerprint density at radius 3 is 2.44 bits per heavy atom. The van der Waals surface area contributed by atoms with Gasteiger partial charge >= 0.3 is 0 Å². The van der Waals surface area contributed by atoms with E-state index in [1.807, 2.05) is 0 Å². The van der Waals surface area contributed by atoms with Gasteiger partial charge in [-0.1, -0.05) is 0 Å². The van der Waals surface area contributed by atoms with Gasteiger partial charge in [0.1, 0.15) is 5.25 Å². The van der Waals surface area contributed by atoms with Gasteiger partial charge in [0.25, 0.3) is 10.1 Å². The highest BCUT2D eigenvalue weighted by Crippen LogP contribution is 2.11. The second-order valence-corrected chi connectivity index (χ2v) is 3.70. The van der Waals surface area contributed by atoms with E-state index >= 15 is 0 Å². The largest absolute Gasteiger partial charge is 0.380 e. The zero-order chi connectivity index (χ0) is 6.91. The summed E-state index contributed by atoms with van der Waals surface area (Å²) in [5, 5.41) is -0.683. The molecule has 0 amide bonds. The molecule has 5 heteroatoms. The molecule has 0 aliphatic carbocycles. The van der Waals surface area contributed by atoms with Crippen molar-refractivity contribution in [2.24, 2.45) is 0 Å². The Morgan fingerprint density at radius 2 is 2.22 bits per heavy atom. The fraction of sp³-hybridized carbons (Fsp3) is 1.00. The molecule has 1 aliphatic heterocycles. The van der Waals surface area contributed by atoms with E-state index in [4.69, 9.17) is 9.29 Å². The first-order valence-corrected chi connectivity index (χ1v) is 4.15. The van der Waals surface area contributed by atoms with E-state index in [-0.39, 0.29) is 6.61 Å². The molecule has 1 saturated heterocycles. The molecule has 1 heterocycles. The maximum absolute atomic E-state index is 10.3. The van der Waals surface area contributed by atoms with Gasteiger partial charge in [0.2, 0.25) is 0 Å². The molecule has 0 bridgehead atoms. The molecular weight excluding hydrogens is 144 g/mol. The average molecular weight is 152 g/mol. The van der Waals surface area contributed by atoms with Crippen LogP contribution in [0.4, 0.5) is 0 Å². The van der Waals surface area contributed by atoms with Gasteiger partial charge in [-0.15, -0.1) is 0 Å². The second kappa shape index (κ2) is 2.24. The molecule has 0 radical (unpaired) electrons. The fourth-order valence-corrected chi connectivity index (χ4v) is 1.41. The molecule has 0 aromatic rings. The van der Waals surface area contributed by atoms with Crippen LogP contribution in [0.3, 0.4) is 0 Å². The molecule has 0 spiro atoms. The van der Waals surface area contributed by atoms with Crippen molar-refractivity contribution in [1.29, 1.82) is 0 Å². The van der Waals surface area contributed by atoms with Crippen molar-refractivity contribution < 1.29 is 17.7 Å². The minimum atomic E-state index is -3.83. The number of hydrogen-bond donors (Lipinski definition) is 1. The van der Waals surface area contributed by atoms with Crippen LogP contribution in [0.15, 0.2) is 0 Å². The van der Waals surface area contributed by atoms with E-state index in [9.17, 15) is 8.42 Å². The van der Waals surface area contributed by atoms with Gasteiger partial charge in [-0.25, -0.2) is 0 Å². The quantitative estimate of drug-likeness (QED) is 0.522. The lowest BCUT2D eigenvalue weighted by Gasteiger charge is -1.99. The van der Waals surface area contributed by atoms with E-state index in [2.05, 4.69) is 0 Å². The average Bonchev–Trinajstić information content (AvgIpc) is 2.08. The van der Waals surface area contributed by atoms with E-state index < -0.39 is 15.4 Å². The Hall–Kier alpha value is -0.130. The first kappa shape index (κ1) is 6.98. The summed E-state index contributed by atoms with van der Waals surface area (Å²) in [6, 6.07) is 0. The van der Waals surface area contributed by atoms with Crippen molar-refractivity contribution in [3.8, 4) is 0 Å². The lowest BCUT2D eigenvalue weighted by molar-refractivity contribution is 0.197. The van der Waals surface area contributed by atoms with Crippen LogP contribution in [0.5, 0.6) is 0 Å². The number of rotatable bonds is 1. The van der Waals surface area contributed by atoms with Gasteiger partial charge < -0.3 is 4.74 Å². The third-order valence-electron chi connectivity index (χ3n) is 1.31. The van der Waals surface area contributed by atoms with Crippen molar-refractivity contribution in [3.63, 3.8) is 0 Å². The summed E-state index contributed by atoms with van der Waals surface area (Å²) in [5.74, 6) is 0. The van der Waals surface area contributed by atoms with Crippen LogP contribution in [0.25, 0.3) is 0 Å². The normalized spacial score (nSPS) is 28.8. The summed E-state index contributed by atoms with van der Waals surface area (Å²) in [6.07, 6.45) is 0.416. The molecule has 0 unspecified atom stereocenters. The minimum absolute atomic E-state index is 0.138. The van der Waals surface area contributed by atoms with E-state index in [1.165, 1.54) is 0 Å². The highest BCUT2D eigenvalue weighted by Gasteiger charge is 2.27. The smallest absolute Gasteiger partial charge is 0.270 e. The van der Waals surface area contributed by atoms with E-state index in [0.717, 1.165) is 0 Å². The van der Waals surface area contributed by atoms with Gasteiger partial charge in [0.15, 0.2) is 0 Å². The molecule has 1 atom stereocenters. The molecule has 4 nitrogen and oxygen atoms in total. The molecule has 1 aliphatic rings. The summed E-state index contributed by atoms with van der Waals surface area (Å²) in [5.41, 5.74) is 0. The maximum Gasteiger partial charge on any atom is 0.270 e. The summed E-state index contributed by atoms with van der Waals surface area (Å²) < 4.78 is 33.8. The zero-order valence-electron chi connectivity index (χ0n) is 4.78. The molecular formula is C4H8O4S. The molecule has 0 aromatic heterocycles. The van der Waals surface area contributed by atoms with Crippen LogP contribution in [-0.4, -0.2) is 31.4 Å². The minimum Gasteiger partial charge on any atom is -0.380 e. The van der Waals surface area contributed by atoms with Gasteiger partial charge in [-0.3, -0.25) is 4.55 Å². The molecule has 0 saturated carbocycles. The van der Waals surface area contributed by atoms with Crippen LogP contribution in [0, 0.1) is 0 Å². The highest BCUT2D eigenvalue weighted by molar-refractivity contribution is 7.86. The monoisotopic (exact) mass is 152 g/mol. The van der Waals surface area contributed by atoms with Gasteiger partial charge in [0.05, 0.1) is 6.61 Å². The predicted octanol–water partition coefficient (Wildman–Crippen LogP) is -0.337. The predicted molar refractivity (Wildman–Crippen MR) is 30.8 cm³/mol. The topological polar surface area (TPSA) is 63.6 Å². The van der Waals surface area contributed by atoms with Crippen LogP contribution in [0.2, 0.25) is 0 Å². The summed E-state index contributed by atoms with van der Waals surface area (Å²) in [7, 11) is -3.83. The Bertz CT molecular complexity index is 177. The lowest BCUT2D eigenvalue weighted by atomic mass is 10.4. The molecule has 1 rings (SSSR count). The molecule has 1 N–H and O–H groups in total. The summed E-state index contributed by atoms with van der Waals surface area (Å²) >= 11 is 0. The first-order valence-electron chi connectivity index (χ1n) is 2.65.